The zero-order valence-corrected chi connectivity index (χ0v) is 28.3. The third-order valence-electron chi connectivity index (χ3n) is 5.44. The van der Waals surface area contributed by atoms with E-state index in [1.807, 2.05) is 60.7 Å². The van der Waals surface area contributed by atoms with E-state index in [1.54, 1.807) is 41.5 Å². The zero-order chi connectivity index (χ0) is 35.3. The Morgan fingerprint density at radius 3 is 1.35 bits per heavy atom. The van der Waals surface area contributed by atoms with Crippen molar-refractivity contribution < 1.29 is 48.0 Å². The minimum Gasteiger partial charge on any atom is -0.445 e. The van der Waals surface area contributed by atoms with Crippen molar-refractivity contribution in [3.8, 4) is 0 Å². The smallest absolute Gasteiger partial charge is 0.407 e. The molecule has 2 rings (SSSR count). The van der Waals surface area contributed by atoms with Gasteiger partial charge in [-0.2, -0.15) is 0 Å². The number of nitrogens with one attached hydrogen (secondary N) is 4. The highest BCUT2D eigenvalue weighted by atomic mass is 16.6. The maximum absolute atomic E-state index is 11.8. The number of ether oxygens (including phenoxy) is 5. The average Bonchev–Trinajstić information content (AvgIpc) is 2.99. The predicted octanol–water partition coefficient (Wildman–Crippen LogP) is 5.52. The Bertz CT molecular complexity index is 1200. The van der Waals surface area contributed by atoms with Gasteiger partial charge in [-0.3, -0.25) is 0 Å². The summed E-state index contributed by atoms with van der Waals surface area (Å²) < 4.78 is 25.4. The molecule has 2 aromatic rings. The molecule has 2 atom stereocenters. The fourth-order valence-electron chi connectivity index (χ4n) is 3.42. The van der Waals surface area contributed by atoms with Crippen LogP contribution < -0.4 is 21.3 Å². The molecule has 14 heteroatoms. The van der Waals surface area contributed by atoms with Gasteiger partial charge in [0.15, 0.2) is 0 Å². The van der Waals surface area contributed by atoms with Crippen LogP contribution in [0.15, 0.2) is 60.7 Å². The van der Waals surface area contributed by atoms with E-state index in [9.17, 15) is 24.3 Å². The van der Waals surface area contributed by atoms with Crippen molar-refractivity contribution in [1.82, 2.24) is 21.3 Å². The summed E-state index contributed by atoms with van der Waals surface area (Å²) in [5.74, 6) is 0. The summed E-state index contributed by atoms with van der Waals surface area (Å²) in [6.07, 6.45) is -2.41. The van der Waals surface area contributed by atoms with E-state index < -0.39 is 47.7 Å². The number of rotatable bonds is 13. The van der Waals surface area contributed by atoms with Crippen molar-refractivity contribution in [2.24, 2.45) is 0 Å². The van der Waals surface area contributed by atoms with Gasteiger partial charge in [0.1, 0.15) is 24.4 Å². The van der Waals surface area contributed by atoms with Gasteiger partial charge in [-0.15, -0.1) is 0 Å². The zero-order valence-electron chi connectivity index (χ0n) is 28.3. The molecule has 14 nitrogen and oxygen atoms in total. The molecule has 0 fully saturated rings. The van der Waals surface area contributed by atoms with E-state index >= 15 is 0 Å². The Balaban J connectivity index is 0. The second-order valence-electron chi connectivity index (χ2n) is 12.2. The first kappa shape index (κ1) is 46.6. The molecule has 0 saturated heterocycles. The summed E-state index contributed by atoms with van der Waals surface area (Å²) >= 11 is 0. The Hall–Kier alpha value is -4.56. The summed E-state index contributed by atoms with van der Waals surface area (Å²) in [6, 6.07) is 17.5. The maximum Gasteiger partial charge on any atom is 0.407 e. The number of benzene rings is 2. The minimum absolute atomic E-state index is 0. The molecule has 278 valence electrons. The first-order chi connectivity index (χ1) is 22.1. The number of methoxy groups -OCH3 is 1. The molecular formula is C35H58N4O10. The molecule has 0 aliphatic heterocycles. The lowest BCUT2D eigenvalue weighted by molar-refractivity contribution is 0.0502. The van der Waals surface area contributed by atoms with Gasteiger partial charge >= 0.3 is 24.4 Å². The summed E-state index contributed by atoms with van der Waals surface area (Å²) in [5.41, 5.74) is 0.557. The molecule has 2 aromatic carbocycles. The van der Waals surface area contributed by atoms with E-state index in [1.165, 1.54) is 7.11 Å². The monoisotopic (exact) mass is 694 g/mol. The van der Waals surface area contributed by atoms with E-state index in [0.29, 0.717) is 0 Å². The molecule has 0 aliphatic carbocycles. The van der Waals surface area contributed by atoms with Crippen molar-refractivity contribution in [3.05, 3.63) is 71.8 Å². The van der Waals surface area contributed by atoms with Crippen LogP contribution in [0.1, 0.15) is 67.5 Å². The Kier molecular flexibility index (Phi) is 23.3. The highest BCUT2D eigenvalue weighted by Gasteiger charge is 2.20. The van der Waals surface area contributed by atoms with Gasteiger partial charge < -0.3 is 50.1 Å². The Morgan fingerprint density at radius 1 is 0.633 bits per heavy atom. The molecule has 0 aromatic heterocycles. The van der Waals surface area contributed by atoms with Crippen molar-refractivity contribution in [2.45, 2.75) is 92.9 Å². The first-order valence-electron chi connectivity index (χ1n) is 15.1. The normalized spacial score (nSPS) is 11.7. The largest absolute Gasteiger partial charge is 0.445 e. The van der Waals surface area contributed by atoms with Crippen molar-refractivity contribution >= 4 is 24.4 Å². The third kappa shape index (κ3) is 25.2. The Morgan fingerprint density at radius 2 is 1.00 bits per heavy atom. The van der Waals surface area contributed by atoms with Crippen LogP contribution in [0.3, 0.4) is 0 Å². The molecule has 0 unspecified atom stereocenters. The molecule has 5 N–H and O–H groups in total. The van der Waals surface area contributed by atoms with Crippen molar-refractivity contribution in [3.63, 3.8) is 0 Å². The highest BCUT2D eigenvalue weighted by Crippen LogP contribution is 2.07. The maximum atomic E-state index is 11.8. The molecule has 0 bridgehead atoms. The van der Waals surface area contributed by atoms with Crippen LogP contribution in [0, 0.1) is 0 Å². The summed E-state index contributed by atoms with van der Waals surface area (Å²) in [5, 5.41) is 19.4. The van der Waals surface area contributed by atoms with Crippen LogP contribution >= 0.6 is 0 Å². The quantitative estimate of drug-likeness (QED) is 0.167. The van der Waals surface area contributed by atoms with Gasteiger partial charge in [0.05, 0.1) is 25.3 Å². The molecule has 0 radical (unpaired) electrons. The minimum atomic E-state index is -0.668. The second-order valence-corrected chi connectivity index (χ2v) is 12.2. The van der Waals surface area contributed by atoms with Crippen molar-refractivity contribution in [2.75, 3.05) is 33.4 Å². The highest BCUT2D eigenvalue weighted by molar-refractivity contribution is 5.70. The number of hydrogen-bond acceptors (Lipinski definition) is 10. The number of aliphatic hydroxyl groups is 1. The first-order valence-corrected chi connectivity index (χ1v) is 15.1. The topological polar surface area (TPSA) is 183 Å². The standard InChI is InChI=1S/C17H26N2O5.C16H24N2O5.2CH4/c1-17(2,3)24-15(20)18-10-14(12-22-4)19-16(21)23-11-13-8-6-5-7-9-13;1-16(2,3)23-14(20)17-9-13(10-19)18-15(21)22-11-12-7-5-4-6-8-12;;/h5-9,14H,10-12H2,1-4H3,(H,18,20)(H,19,21);4-8,13,19H,9-11H2,1-3H3,(H,17,20)(H,18,21);2*1H4/t14-;13-;;/m00../s1. The van der Waals surface area contributed by atoms with Gasteiger partial charge in [0.25, 0.3) is 0 Å². The SMILES string of the molecule is C.C.CC(C)(C)OC(=O)NC[C@@H](CO)NC(=O)OCc1ccccc1.COC[C@H](CNC(=O)OC(C)(C)C)NC(=O)OCc1ccccc1. The van der Waals surface area contributed by atoms with E-state index in [0.717, 1.165) is 11.1 Å². The number of carbonyl (C=O) groups is 4. The summed E-state index contributed by atoms with van der Waals surface area (Å²) in [6.45, 7) is 11.0. The van der Waals surface area contributed by atoms with Gasteiger partial charge in [0.2, 0.25) is 0 Å². The van der Waals surface area contributed by atoms with Crippen LogP contribution in [0.4, 0.5) is 19.2 Å². The van der Waals surface area contributed by atoms with E-state index in [2.05, 4.69) is 21.3 Å². The lowest BCUT2D eigenvalue weighted by Crippen LogP contribution is -2.47. The average molecular weight is 695 g/mol. The lowest BCUT2D eigenvalue weighted by Gasteiger charge is -2.22. The van der Waals surface area contributed by atoms with Gasteiger partial charge in [-0.25, -0.2) is 19.2 Å². The molecule has 0 heterocycles. The van der Waals surface area contributed by atoms with Crippen LogP contribution in [-0.4, -0.2) is 86.2 Å². The number of carbonyl (C=O) groups excluding carboxylic acids is 4. The number of amides is 4. The predicted molar refractivity (Wildman–Crippen MR) is 188 cm³/mol. The number of aliphatic hydroxyl groups excluding tert-OH is 1. The van der Waals surface area contributed by atoms with Crippen LogP contribution in [0.5, 0.6) is 0 Å². The molecule has 0 aliphatic rings. The second kappa shape index (κ2) is 24.6. The third-order valence-corrected chi connectivity index (χ3v) is 5.44. The molecule has 4 amide bonds. The van der Waals surface area contributed by atoms with Crippen LogP contribution in [0.2, 0.25) is 0 Å². The van der Waals surface area contributed by atoms with Gasteiger partial charge in [-0.1, -0.05) is 75.5 Å². The van der Waals surface area contributed by atoms with Crippen LogP contribution in [0.25, 0.3) is 0 Å². The summed E-state index contributed by atoms with van der Waals surface area (Å²) in [4.78, 5) is 46.7. The van der Waals surface area contributed by atoms with Gasteiger partial charge in [-0.05, 0) is 52.7 Å². The summed E-state index contributed by atoms with van der Waals surface area (Å²) in [7, 11) is 1.51. The molecule has 0 spiro atoms. The van der Waals surface area contributed by atoms with E-state index in [-0.39, 0.29) is 54.4 Å². The molecular weight excluding hydrogens is 636 g/mol. The molecule has 0 saturated carbocycles. The lowest BCUT2D eigenvalue weighted by atomic mass is 10.2. The van der Waals surface area contributed by atoms with Gasteiger partial charge in [0, 0.05) is 20.2 Å². The van der Waals surface area contributed by atoms with E-state index in [4.69, 9.17) is 23.7 Å². The van der Waals surface area contributed by atoms with Crippen LogP contribution in [-0.2, 0) is 36.9 Å². The number of hydrogen-bond donors (Lipinski definition) is 5. The molecule has 49 heavy (non-hydrogen) atoms. The fourth-order valence-corrected chi connectivity index (χ4v) is 3.42. The Labute approximate surface area is 291 Å². The van der Waals surface area contributed by atoms with Crippen molar-refractivity contribution in [1.29, 1.82) is 0 Å². The number of alkyl carbamates (subject to hydrolysis) is 4. The fraction of sp³-hybridized carbons (Fsp3) is 0.543.